The summed E-state index contributed by atoms with van der Waals surface area (Å²) < 4.78 is 1.54. The lowest BCUT2D eigenvalue weighted by Gasteiger charge is -2.50. The molecule has 2 heterocycles. The average molecular weight is 222 g/mol. The molecule has 88 valence electrons. The molecule has 0 aliphatic carbocycles. The lowest BCUT2D eigenvalue weighted by molar-refractivity contribution is 0.243. The molecule has 1 aromatic rings. The molecule has 1 aliphatic heterocycles. The Labute approximate surface area is 94.9 Å². The van der Waals surface area contributed by atoms with Crippen LogP contribution in [0.2, 0.25) is 0 Å². The zero-order chi connectivity index (χ0) is 11.9. The number of rotatable bonds is 2. The van der Waals surface area contributed by atoms with Gasteiger partial charge in [-0.05, 0) is 5.92 Å². The molecule has 1 saturated heterocycles. The fourth-order valence-electron chi connectivity index (χ4n) is 1.88. The van der Waals surface area contributed by atoms with Crippen LogP contribution in [0.15, 0.2) is 17.2 Å². The first-order chi connectivity index (χ1) is 7.44. The number of hydrogen-bond acceptors (Lipinski definition) is 4. The Balaban J connectivity index is 2.19. The molecule has 1 aromatic heterocycles. The van der Waals surface area contributed by atoms with E-state index in [0.717, 1.165) is 0 Å². The van der Waals surface area contributed by atoms with Crippen molar-refractivity contribution >= 4 is 5.82 Å². The van der Waals surface area contributed by atoms with E-state index in [-0.39, 0.29) is 11.1 Å². The molecule has 0 saturated carbocycles. The van der Waals surface area contributed by atoms with E-state index in [9.17, 15) is 4.79 Å². The monoisotopic (exact) mass is 222 g/mol. The van der Waals surface area contributed by atoms with Gasteiger partial charge in [-0.15, -0.1) is 0 Å². The fraction of sp³-hybridized carbons (Fsp3) is 0.636. The first-order valence-electron chi connectivity index (χ1n) is 5.49. The summed E-state index contributed by atoms with van der Waals surface area (Å²) in [4.78, 5) is 17.9. The summed E-state index contributed by atoms with van der Waals surface area (Å²) in [5, 5.41) is 0. The zero-order valence-electron chi connectivity index (χ0n) is 9.97. The number of hydrogen-bond donors (Lipinski definition) is 1. The Kier molecular flexibility index (Phi) is 2.50. The van der Waals surface area contributed by atoms with Crippen molar-refractivity contribution in [1.29, 1.82) is 0 Å². The predicted molar refractivity (Wildman–Crippen MR) is 63.4 cm³/mol. The van der Waals surface area contributed by atoms with Crippen molar-refractivity contribution in [2.45, 2.75) is 19.4 Å². The third kappa shape index (κ3) is 1.61. The fourth-order valence-corrected chi connectivity index (χ4v) is 1.88. The van der Waals surface area contributed by atoms with E-state index in [2.05, 4.69) is 18.8 Å². The molecule has 0 aromatic carbocycles. The van der Waals surface area contributed by atoms with Crippen LogP contribution in [-0.2, 0) is 7.05 Å². The summed E-state index contributed by atoms with van der Waals surface area (Å²) in [6.45, 7) is 5.62. The number of nitrogens with zero attached hydrogens (tertiary/aromatic N) is 3. The van der Waals surface area contributed by atoms with Gasteiger partial charge in [0.15, 0.2) is 5.82 Å². The van der Waals surface area contributed by atoms with E-state index in [4.69, 9.17) is 5.73 Å². The van der Waals surface area contributed by atoms with Gasteiger partial charge in [0.05, 0.1) is 5.54 Å². The third-order valence-corrected chi connectivity index (χ3v) is 3.42. The van der Waals surface area contributed by atoms with Gasteiger partial charge in [0.2, 0.25) is 0 Å². The van der Waals surface area contributed by atoms with E-state index >= 15 is 0 Å². The van der Waals surface area contributed by atoms with Crippen molar-refractivity contribution in [3.05, 3.63) is 22.7 Å². The van der Waals surface area contributed by atoms with Crippen LogP contribution in [0.25, 0.3) is 0 Å². The molecule has 1 fully saturated rings. The second-order valence-electron chi connectivity index (χ2n) is 4.91. The van der Waals surface area contributed by atoms with Crippen molar-refractivity contribution in [1.82, 2.24) is 9.55 Å². The van der Waals surface area contributed by atoms with Crippen LogP contribution in [-0.4, -0.2) is 28.2 Å². The summed E-state index contributed by atoms with van der Waals surface area (Å²) in [7, 11) is 1.73. The van der Waals surface area contributed by atoms with Crippen molar-refractivity contribution < 1.29 is 0 Å². The third-order valence-electron chi connectivity index (χ3n) is 3.42. The molecule has 1 aliphatic rings. The summed E-state index contributed by atoms with van der Waals surface area (Å²) in [6, 6.07) is 0. The minimum Gasteiger partial charge on any atom is -0.348 e. The molecule has 0 atom stereocenters. The molecule has 2 rings (SSSR count). The molecule has 0 amide bonds. The van der Waals surface area contributed by atoms with Gasteiger partial charge in [0, 0.05) is 32.5 Å². The lowest BCUT2D eigenvalue weighted by atomic mass is 9.80. The van der Waals surface area contributed by atoms with Gasteiger partial charge in [-0.25, -0.2) is 4.98 Å². The number of aromatic nitrogens is 2. The molecule has 0 radical (unpaired) electrons. The highest BCUT2D eigenvalue weighted by Crippen LogP contribution is 2.27. The molecule has 0 spiro atoms. The van der Waals surface area contributed by atoms with Crippen molar-refractivity contribution in [3.8, 4) is 0 Å². The summed E-state index contributed by atoms with van der Waals surface area (Å²) in [5.74, 6) is 0.919. The van der Waals surface area contributed by atoms with Crippen LogP contribution in [0.4, 0.5) is 5.82 Å². The second-order valence-corrected chi connectivity index (χ2v) is 4.91. The molecule has 5 heteroatoms. The SMILES string of the molecule is CC(C)C1(N)CN(c2nccn(C)c2=O)C1. The predicted octanol–water partition coefficient (Wildman–Crippen LogP) is -0.0462. The summed E-state index contributed by atoms with van der Waals surface area (Å²) in [6.07, 6.45) is 3.30. The smallest absolute Gasteiger partial charge is 0.293 e. The Morgan fingerprint density at radius 3 is 2.69 bits per heavy atom. The molecular weight excluding hydrogens is 204 g/mol. The van der Waals surface area contributed by atoms with Crippen LogP contribution < -0.4 is 16.2 Å². The van der Waals surface area contributed by atoms with Gasteiger partial charge in [0.1, 0.15) is 0 Å². The van der Waals surface area contributed by atoms with E-state index in [1.807, 2.05) is 4.90 Å². The van der Waals surface area contributed by atoms with Gasteiger partial charge in [0.25, 0.3) is 5.56 Å². The zero-order valence-corrected chi connectivity index (χ0v) is 9.97. The minimum absolute atomic E-state index is 0.0618. The van der Waals surface area contributed by atoms with Gasteiger partial charge in [-0.2, -0.15) is 0 Å². The standard InChI is InChI=1S/C11H18N4O/c1-8(2)11(12)6-15(7-11)9-10(16)14(3)5-4-13-9/h4-5,8H,6-7,12H2,1-3H3. The Hall–Kier alpha value is -1.36. The summed E-state index contributed by atoms with van der Waals surface area (Å²) in [5.41, 5.74) is 5.94. The largest absolute Gasteiger partial charge is 0.348 e. The van der Waals surface area contributed by atoms with Crippen LogP contribution in [0.5, 0.6) is 0 Å². The molecule has 0 unspecified atom stereocenters. The van der Waals surface area contributed by atoms with Crippen LogP contribution in [0.1, 0.15) is 13.8 Å². The molecule has 2 N–H and O–H groups in total. The Morgan fingerprint density at radius 1 is 1.50 bits per heavy atom. The topological polar surface area (TPSA) is 64.2 Å². The quantitative estimate of drug-likeness (QED) is 0.762. The van der Waals surface area contributed by atoms with Crippen molar-refractivity contribution in [2.75, 3.05) is 18.0 Å². The normalized spacial score (nSPS) is 18.7. The Bertz CT molecular complexity index is 446. The number of anilines is 1. The van der Waals surface area contributed by atoms with E-state index in [1.54, 1.807) is 19.4 Å². The first-order valence-corrected chi connectivity index (χ1v) is 5.49. The van der Waals surface area contributed by atoms with Crippen molar-refractivity contribution in [3.63, 3.8) is 0 Å². The van der Waals surface area contributed by atoms with Crippen LogP contribution in [0, 0.1) is 5.92 Å². The van der Waals surface area contributed by atoms with Crippen LogP contribution in [0.3, 0.4) is 0 Å². The molecule has 0 bridgehead atoms. The van der Waals surface area contributed by atoms with Gasteiger partial charge >= 0.3 is 0 Å². The van der Waals surface area contributed by atoms with Gasteiger partial charge in [-0.1, -0.05) is 13.8 Å². The second kappa shape index (κ2) is 3.59. The molecule has 5 nitrogen and oxygen atoms in total. The maximum absolute atomic E-state index is 11.8. The van der Waals surface area contributed by atoms with Gasteiger partial charge in [-0.3, -0.25) is 4.79 Å². The molecular formula is C11H18N4O. The number of aryl methyl sites for hydroxylation is 1. The first kappa shape index (κ1) is 11.1. The minimum atomic E-state index is -0.178. The lowest BCUT2D eigenvalue weighted by Crippen LogP contribution is -2.71. The van der Waals surface area contributed by atoms with E-state index < -0.39 is 0 Å². The maximum atomic E-state index is 11.8. The maximum Gasteiger partial charge on any atom is 0.293 e. The van der Waals surface area contributed by atoms with Crippen molar-refractivity contribution in [2.24, 2.45) is 18.7 Å². The average Bonchev–Trinajstić information content (AvgIpc) is 2.17. The highest BCUT2D eigenvalue weighted by Gasteiger charge is 2.43. The highest BCUT2D eigenvalue weighted by molar-refractivity contribution is 5.42. The highest BCUT2D eigenvalue weighted by atomic mass is 16.1. The number of nitrogens with two attached hydrogens (primary N) is 1. The van der Waals surface area contributed by atoms with Crippen LogP contribution >= 0.6 is 0 Å². The van der Waals surface area contributed by atoms with Gasteiger partial charge < -0.3 is 15.2 Å². The van der Waals surface area contributed by atoms with E-state index in [0.29, 0.717) is 24.8 Å². The summed E-state index contributed by atoms with van der Waals surface area (Å²) >= 11 is 0. The van der Waals surface area contributed by atoms with E-state index in [1.165, 1.54) is 4.57 Å². The molecule has 16 heavy (non-hydrogen) atoms. The Morgan fingerprint density at radius 2 is 2.12 bits per heavy atom.